The van der Waals surface area contributed by atoms with E-state index in [1.54, 1.807) is 0 Å². The van der Waals surface area contributed by atoms with E-state index in [0.29, 0.717) is 10.7 Å². The zero-order valence-electron chi connectivity index (χ0n) is 10.8. The second kappa shape index (κ2) is 6.32. The molecule has 1 amide bonds. The Labute approximate surface area is 119 Å². The lowest BCUT2D eigenvalue weighted by Gasteiger charge is -2.20. The van der Waals surface area contributed by atoms with E-state index in [9.17, 15) is 18.0 Å². The molecule has 0 radical (unpaired) electrons. The Kier molecular flexibility index (Phi) is 5.24. The second-order valence-electron chi connectivity index (χ2n) is 4.19. The first kappa shape index (κ1) is 16.6. The van der Waals surface area contributed by atoms with E-state index in [0.717, 1.165) is 6.92 Å². The van der Waals surface area contributed by atoms with Crippen molar-refractivity contribution >= 4 is 28.9 Å². The Morgan fingerprint density at radius 1 is 1.40 bits per heavy atom. The van der Waals surface area contributed by atoms with Gasteiger partial charge in [-0.15, -0.1) is 0 Å². The Morgan fingerprint density at radius 2 is 2.00 bits per heavy atom. The average molecular weight is 311 g/mol. The number of rotatable bonds is 4. The van der Waals surface area contributed by atoms with Crippen molar-refractivity contribution in [2.75, 3.05) is 11.1 Å². The largest absolute Gasteiger partial charge is 0.414 e. The van der Waals surface area contributed by atoms with Gasteiger partial charge in [0.25, 0.3) is 5.91 Å². The minimum Gasteiger partial charge on any atom is -0.397 e. The molecular formula is C12H14ClF3N2O2. The van der Waals surface area contributed by atoms with Crippen molar-refractivity contribution < 1.29 is 22.7 Å². The van der Waals surface area contributed by atoms with Crippen molar-refractivity contribution in [2.45, 2.75) is 32.2 Å². The Morgan fingerprint density at radius 3 is 2.50 bits per heavy atom. The predicted molar refractivity (Wildman–Crippen MR) is 70.6 cm³/mol. The molecule has 0 aliphatic carbocycles. The van der Waals surface area contributed by atoms with Gasteiger partial charge >= 0.3 is 6.18 Å². The maximum atomic E-state index is 12.3. The first-order valence-corrected chi connectivity index (χ1v) is 6.07. The number of ether oxygens (including phenoxy) is 1. The summed E-state index contributed by atoms with van der Waals surface area (Å²) in [7, 11) is 0. The molecule has 0 spiro atoms. The van der Waals surface area contributed by atoms with Gasteiger partial charge in [-0.25, -0.2) is 0 Å². The quantitative estimate of drug-likeness (QED) is 0.839. The smallest absolute Gasteiger partial charge is 0.397 e. The number of carbonyl (C=O) groups excluding carboxylic acids is 1. The van der Waals surface area contributed by atoms with Crippen molar-refractivity contribution in [1.82, 2.24) is 0 Å². The van der Waals surface area contributed by atoms with E-state index in [2.05, 4.69) is 10.1 Å². The summed E-state index contributed by atoms with van der Waals surface area (Å²) in [5.41, 5.74) is 6.12. The molecule has 0 heterocycles. The molecule has 0 saturated heterocycles. The number of alkyl halides is 3. The molecule has 0 bridgehead atoms. The molecule has 0 aliphatic rings. The van der Waals surface area contributed by atoms with Crippen LogP contribution in [0.15, 0.2) is 18.2 Å². The molecule has 0 aliphatic heterocycles. The minimum absolute atomic E-state index is 0.252. The number of amides is 1. The molecule has 1 rings (SSSR count). The van der Waals surface area contributed by atoms with Gasteiger partial charge in [0.2, 0.25) is 0 Å². The normalized spacial score (nSPS) is 14.7. The molecule has 0 saturated carbocycles. The summed E-state index contributed by atoms with van der Waals surface area (Å²) in [6, 6.07) is 4.35. The number of nitrogens with two attached hydrogens (primary N) is 1. The van der Waals surface area contributed by atoms with Gasteiger partial charge in [0.05, 0.1) is 10.7 Å². The third-order valence-electron chi connectivity index (χ3n) is 2.50. The maximum Gasteiger partial charge on any atom is 0.414 e. The lowest BCUT2D eigenvalue weighted by Crippen LogP contribution is -2.37. The van der Waals surface area contributed by atoms with E-state index in [1.165, 1.54) is 25.1 Å². The Bertz CT molecular complexity index is 494. The van der Waals surface area contributed by atoms with Crippen LogP contribution >= 0.6 is 11.6 Å². The van der Waals surface area contributed by atoms with Gasteiger partial charge in [0, 0.05) is 5.69 Å². The molecule has 20 heavy (non-hydrogen) atoms. The van der Waals surface area contributed by atoms with Gasteiger partial charge in [-0.05, 0) is 32.0 Å². The summed E-state index contributed by atoms with van der Waals surface area (Å²) in [6.07, 6.45) is -7.80. The number of carbonyl (C=O) groups is 1. The molecule has 2 unspecified atom stereocenters. The molecule has 3 N–H and O–H groups in total. The van der Waals surface area contributed by atoms with Gasteiger partial charge in [-0.2, -0.15) is 13.2 Å². The summed E-state index contributed by atoms with van der Waals surface area (Å²) in [6.45, 7) is 2.07. The van der Waals surface area contributed by atoms with E-state index >= 15 is 0 Å². The molecule has 112 valence electrons. The summed E-state index contributed by atoms with van der Waals surface area (Å²) in [5.74, 6) is -0.706. The summed E-state index contributed by atoms with van der Waals surface area (Å²) in [4.78, 5) is 11.7. The number of nitrogen functional groups attached to an aromatic ring is 1. The number of hydrogen-bond acceptors (Lipinski definition) is 3. The molecular weight excluding hydrogens is 297 g/mol. The van der Waals surface area contributed by atoms with Crippen LogP contribution in [-0.2, 0) is 9.53 Å². The Hall–Kier alpha value is -1.47. The third-order valence-corrected chi connectivity index (χ3v) is 2.85. The molecule has 8 heteroatoms. The second-order valence-corrected chi connectivity index (χ2v) is 4.59. The SMILES string of the molecule is CC(OC(C)C(F)(F)F)C(=O)Nc1ccc(Cl)c(N)c1. The van der Waals surface area contributed by atoms with Crippen LogP contribution in [-0.4, -0.2) is 24.3 Å². The van der Waals surface area contributed by atoms with Crippen LogP contribution < -0.4 is 11.1 Å². The van der Waals surface area contributed by atoms with Crippen molar-refractivity contribution in [3.05, 3.63) is 23.2 Å². The summed E-state index contributed by atoms with van der Waals surface area (Å²) in [5, 5.41) is 2.71. The fraction of sp³-hybridized carbons (Fsp3) is 0.417. The van der Waals surface area contributed by atoms with Crippen molar-refractivity contribution in [3.8, 4) is 0 Å². The highest BCUT2D eigenvalue weighted by Crippen LogP contribution is 2.25. The monoisotopic (exact) mass is 310 g/mol. The molecule has 1 aromatic carbocycles. The van der Waals surface area contributed by atoms with E-state index in [-0.39, 0.29) is 5.69 Å². The number of nitrogens with one attached hydrogen (secondary N) is 1. The first-order valence-electron chi connectivity index (χ1n) is 5.69. The number of halogens is 4. The zero-order chi connectivity index (χ0) is 15.5. The average Bonchev–Trinajstić information content (AvgIpc) is 2.32. The third kappa shape index (κ3) is 4.57. The van der Waals surface area contributed by atoms with Crippen LogP contribution in [0.25, 0.3) is 0 Å². The molecule has 0 aromatic heterocycles. The molecule has 4 nitrogen and oxygen atoms in total. The van der Waals surface area contributed by atoms with Gasteiger partial charge in [0.15, 0.2) is 6.10 Å². The Balaban J connectivity index is 2.64. The molecule has 1 aromatic rings. The topological polar surface area (TPSA) is 64.3 Å². The van der Waals surface area contributed by atoms with E-state index < -0.39 is 24.3 Å². The fourth-order valence-corrected chi connectivity index (χ4v) is 1.43. The van der Waals surface area contributed by atoms with Crippen LogP contribution in [0, 0.1) is 0 Å². The van der Waals surface area contributed by atoms with Gasteiger partial charge in [-0.1, -0.05) is 11.6 Å². The zero-order valence-corrected chi connectivity index (χ0v) is 11.5. The van der Waals surface area contributed by atoms with E-state index in [1.807, 2.05) is 0 Å². The highest BCUT2D eigenvalue weighted by molar-refractivity contribution is 6.33. The first-order chi connectivity index (χ1) is 9.11. The van der Waals surface area contributed by atoms with Gasteiger partial charge in [-0.3, -0.25) is 4.79 Å². The fourth-order valence-electron chi connectivity index (χ4n) is 1.31. The van der Waals surface area contributed by atoms with E-state index in [4.69, 9.17) is 17.3 Å². The van der Waals surface area contributed by atoms with Crippen molar-refractivity contribution in [2.24, 2.45) is 0 Å². The highest BCUT2D eigenvalue weighted by Gasteiger charge is 2.38. The van der Waals surface area contributed by atoms with Crippen LogP contribution in [0.4, 0.5) is 24.5 Å². The highest BCUT2D eigenvalue weighted by atomic mass is 35.5. The van der Waals surface area contributed by atoms with Crippen LogP contribution in [0.5, 0.6) is 0 Å². The van der Waals surface area contributed by atoms with Crippen molar-refractivity contribution in [1.29, 1.82) is 0 Å². The molecule has 0 fully saturated rings. The van der Waals surface area contributed by atoms with Crippen LogP contribution in [0.1, 0.15) is 13.8 Å². The van der Waals surface area contributed by atoms with Crippen LogP contribution in [0.2, 0.25) is 5.02 Å². The number of hydrogen-bond donors (Lipinski definition) is 2. The lowest BCUT2D eigenvalue weighted by atomic mass is 10.2. The summed E-state index contributed by atoms with van der Waals surface area (Å²) >= 11 is 5.71. The number of anilines is 2. The predicted octanol–water partition coefficient (Wildman–Crippen LogP) is 3.22. The number of benzene rings is 1. The maximum absolute atomic E-state index is 12.3. The molecule has 2 atom stereocenters. The van der Waals surface area contributed by atoms with Crippen LogP contribution in [0.3, 0.4) is 0 Å². The van der Waals surface area contributed by atoms with Gasteiger partial charge < -0.3 is 15.8 Å². The van der Waals surface area contributed by atoms with Crippen molar-refractivity contribution in [3.63, 3.8) is 0 Å². The lowest BCUT2D eigenvalue weighted by molar-refractivity contribution is -0.223. The minimum atomic E-state index is -4.51. The standard InChI is InChI=1S/C12H14ClF3N2O2/c1-6(20-7(2)12(14,15)16)11(19)18-8-3-4-9(13)10(17)5-8/h3-7H,17H2,1-2H3,(H,18,19). The summed E-state index contributed by atoms with van der Waals surface area (Å²) < 4.78 is 41.5. The van der Waals surface area contributed by atoms with Gasteiger partial charge in [0.1, 0.15) is 6.10 Å².